The minimum Gasteiger partial charge on any atom is -0.345 e. The van der Waals surface area contributed by atoms with Crippen molar-refractivity contribution in [3.8, 4) is 11.4 Å². The number of nitrogens with zero attached hydrogens (tertiary/aromatic N) is 1. The van der Waals surface area contributed by atoms with E-state index < -0.39 is 97.4 Å². The molecule has 0 bridgehead atoms. The molecule has 1 aromatic rings. The molecule has 0 saturated carbocycles. The van der Waals surface area contributed by atoms with Crippen LogP contribution in [0, 0.1) is 11.6 Å². The molecule has 0 unspecified atom stereocenters. The Morgan fingerprint density at radius 2 is 2.19 bits per heavy atom. The van der Waals surface area contributed by atoms with E-state index >= 15 is 4.39 Å². The molecular formula is C17H14ClF2N3O3S. The second-order valence-corrected chi connectivity index (χ2v) is 6.95. The Balaban J connectivity index is 2.30. The van der Waals surface area contributed by atoms with E-state index in [1.807, 2.05) is 0 Å². The van der Waals surface area contributed by atoms with E-state index in [9.17, 15) is 17.6 Å². The van der Waals surface area contributed by atoms with Crippen LogP contribution >= 0.6 is 11.6 Å². The van der Waals surface area contributed by atoms with Crippen molar-refractivity contribution in [1.29, 1.82) is 0 Å². The summed E-state index contributed by atoms with van der Waals surface area (Å²) in [6.45, 7) is 1.18. The molecule has 27 heavy (non-hydrogen) atoms. The normalized spacial score (nSPS) is 15.9. The third kappa shape index (κ3) is 3.79. The maximum Gasteiger partial charge on any atom is 0.232 e. The Kier molecular flexibility index (Phi) is 3.23. The van der Waals surface area contributed by atoms with Gasteiger partial charge in [-0.25, -0.2) is 22.2 Å². The minimum absolute atomic E-state index is 0.325. The summed E-state index contributed by atoms with van der Waals surface area (Å²) >= 11 is 5.83. The standard InChI is InChI=1S/C17H14ClF2N3O3S/c1-2-5-27(25,26)23-13-4-3-12(19)14(15(13)20)16(24)11-8-22-17-10(11)6-9(18)7-21-17/h3-4,6-8,23H,2,5H2,1H3,(H,21,22)/i3D,4D,5D2,6D,7D,8D. The van der Waals surface area contributed by atoms with Gasteiger partial charge in [-0.05, 0) is 24.5 Å². The van der Waals surface area contributed by atoms with Crippen molar-refractivity contribution in [1.82, 2.24) is 9.97 Å². The van der Waals surface area contributed by atoms with Gasteiger partial charge < -0.3 is 4.98 Å². The Morgan fingerprint density at radius 3 is 2.89 bits per heavy atom. The van der Waals surface area contributed by atoms with Gasteiger partial charge in [0.15, 0.2) is 5.82 Å². The number of hydrogen-bond donors (Lipinski definition) is 2. The van der Waals surface area contributed by atoms with Crippen molar-refractivity contribution in [3.63, 3.8) is 0 Å². The van der Waals surface area contributed by atoms with Crippen molar-refractivity contribution in [2.45, 2.75) is 13.3 Å². The van der Waals surface area contributed by atoms with Gasteiger partial charge in [0.05, 0.1) is 34.4 Å². The number of H-pyrrole nitrogens is 1. The van der Waals surface area contributed by atoms with Gasteiger partial charge in [-0.3, -0.25) is 9.52 Å². The molecule has 0 radical (unpaired) electrons. The summed E-state index contributed by atoms with van der Waals surface area (Å²) in [6, 6.07) is -3.31. The molecule has 0 fully saturated rings. The number of rotatable bonds is 6. The first-order valence-corrected chi connectivity index (χ1v) is 9.13. The fourth-order valence-electron chi connectivity index (χ4n) is 2.18. The van der Waals surface area contributed by atoms with Gasteiger partial charge in [0.25, 0.3) is 0 Å². The number of carbonyl (C=O) groups is 1. The molecule has 0 spiro atoms. The number of nitrogens with one attached hydrogen (secondary N) is 2. The van der Waals surface area contributed by atoms with E-state index in [0.717, 1.165) is 0 Å². The van der Waals surface area contributed by atoms with Gasteiger partial charge in [-0.1, -0.05) is 18.5 Å². The topological polar surface area (TPSA) is 91.9 Å². The highest BCUT2D eigenvalue weighted by molar-refractivity contribution is 7.92. The molecule has 0 aromatic heterocycles. The number of pyridine rings is 1. The molecule has 10 heteroatoms. The van der Waals surface area contributed by atoms with Crippen LogP contribution in [0.3, 0.4) is 0 Å². The van der Waals surface area contributed by atoms with Crippen LogP contribution < -0.4 is 4.72 Å². The third-order valence-corrected chi connectivity index (χ3v) is 4.60. The zero-order chi connectivity index (χ0) is 25.9. The van der Waals surface area contributed by atoms with Gasteiger partial charge in [0.1, 0.15) is 11.6 Å². The van der Waals surface area contributed by atoms with E-state index in [1.54, 1.807) is 0 Å². The number of ketones is 1. The number of carbonyl (C=O) groups excluding carboxylic acids is 1. The Hall–Kier alpha value is -2.52. The predicted molar refractivity (Wildman–Crippen MR) is 97.7 cm³/mol. The van der Waals surface area contributed by atoms with Crippen LogP contribution in [0.25, 0.3) is 11.4 Å². The second-order valence-electron chi connectivity index (χ2n) is 5.07. The molecular weight excluding hydrogens is 400 g/mol. The highest BCUT2D eigenvalue weighted by Gasteiger charge is 2.27. The number of hydrogen-bond acceptors (Lipinski definition) is 4. The van der Waals surface area contributed by atoms with Crippen LogP contribution in [0.15, 0.2) is 30.5 Å². The van der Waals surface area contributed by atoms with Crippen LogP contribution in [-0.2, 0) is 10.0 Å². The molecule has 1 aromatic carbocycles. The number of anilines is 1. The van der Waals surface area contributed by atoms with E-state index in [4.69, 9.17) is 21.2 Å². The number of aromatic nitrogens is 2. The summed E-state index contributed by atoms with van der Waals surface area (Å²) in [6.07, 6.45) is -1.90. The lowest BCUT2D eigenvalue weighted by Gasteiger charge is -2.11. The van der Waals surface area contributed by atoms with Crippen molar-refractivity contribution >= 4 is 33.1 Å². The summed E-state index contributed by atoms with van der Waals surface area (Å²) in [7, 11) is -5.01. The van der Waals surface area contributed by atoms with Crippen LogP contribution in [-0.4, -0.2) is 29.9 Å². The largest absolute Gasteiger partial charge is 0.345 e. The van der Waals surface area contributed by atoms with Crippen LogP contribution in [0.1, 0.15) is 38.9 Å². The summed E-state index contributed by atoms with van der Waals surface area (Å²) < 4.78 is 110. The molecule has 6 nitrogen and oxygen atoms in total. The predicted octanol–water partition coefficient (Wildman–Crippen LogP) is 3.83. The molecule has 2 heterocycles. The fraction of sp³-hybridized carbons (Fsp3) is 0.176. The van der Waals surface area contributed by atoms with Crippen LogP contribution in [0.2, 0.25) is 5.02 Å². The average Bonchev–Trinajstić information content (AvgIpc) is 3.09. The maximum absolute atomic E-state index is 15.3. The average molecular weight is 421 g/mol. The van der Waals surface area contributed by atoms with E-state index in [0.29, 0.717) is 0 Å². The molecule has 0 saturated heterocycles. The fourth-order valence-corrected chi connectivity index (χ4v) is 3.19. The van der Waals surface area contributed by atoms with Crippen LogP contribution in [0.4, 0.5) is 14.5 Å². The van der Waals surface area contributed by atoms with E-state index in [2.05, 4.69) is 9.97 Å². The highest BCUT2D eigenvalue weighted by Crippen LogP contribution is 2.31. The van der Waals surface area contributed by atoms with Gasteiger partial charge in [-0.2, -0.15) is 0 Å². The summed E-state index contributed by atoms with van der Waals surface area (Å²) in [4.78, 5) is 19.1. The van der Waals surface area contributed by atoms with Crippen molar-refractivity contribution in [2.75, 3.05) is 10.4 Å². The van der Waals surface area contributed by atoms with Gasteiger partial charge in [0.2, 0.25) is 15.8 Å². The molecule has 0 aliphatic carbocycles. The first-order valence-electron chi connectivity index (χ1n) is 10.8. The zero-order valence-electron chi connectivity index (χ0n) is 20.4. The highest BCUT2D eigenvalue weighted by atomic mass is 35.5. The molecule has 2 aliphatic heterocycles. The van der Waals surface area contributed by atoms with E-state index in [1.165, 1.54) is 11.6 Å². The summed E-state index contributed by atoms with van der Waals surface area (Å²) in [5.74, 6) is -5.70. The molecule has 0 amide bonds. The monoisotopic (exact) mass is 420 g/mol. The van der Waals surface area contributed by atoms with E-state index in [-0.39, 0.29) is 5.82 Å². The van der Waals surface area contributed by atoms with Gasteiger partial charge >= 0.3 is 0 Å². The van der Waals surface area contributed by atoms with Gasteiger partial charge in [-0.15, -0.1) is 0 Å². The first-order chi connectivity index (χ1) is 15.6. The van der Waals surface area contributed by atoms with Crippen LogP contribution in [0.5, 0.6) is 0 Å². The maximum atomic E-state index is 15.3. The lowest BCUT2D eigenvalue weighted by molar-refractivity contribution is 0.103. The number of sulfonamides is 1. The number of fused-ring (bicyclic) bond motifs is 1. The second kappa shape index (κ2) is 7.24. The molecule has 142 valence electrons. The Labute approximate surface area is 168 Å². The number of halogens is 3. The van der Waals surface area contributed by atoms with Crippen molar-refractivity contribution < 1.29 is 31.6 Å². The Bertz CT molecular complexity index is 1430. The molecule has 0 atom stereocenters. The molecule has 2 N–H and O–H groups in total. The SMILES string of the molecule is [2H]c1nc2[nH]c([2H])c(Cl)c([2H])c-2c1C(=O)c1c(F)c([2H])c([2H])c(NS(=O)(=O)C([2H])([2H])CC)c1F. The minimum atomic E-state index is -5.01. The van der Waals surface area contributed by atoms with Gasteiger partial charge in [0, 0.05) is 20.7 Å². The first kappa shape index (κ1) is 12.0. The third-order valence-electron chi connectivity index (χ3n) is 3.27. The lowest BCUT2D eigenvalue weighted by Crippen LogP contribution is -2.18. The lowest BCUT2D eigenvalue weighted by atomic mass is 10.00. The smallest absolute Gasteiger partial charge is 0.232 e. The molecule has 2 aliphatic rings. The zero-order valence-corrected chi connectivity index (χ0v) is 15.0. The number of benzene rings is 1. The summed E-state index contributed by atoms with van der Waals surface area (Å²) in [5.41, 5.74) is -7.06. The Morgan fingerprint density at radius 1 is 1.44 bits per heavy atom. The quantitative estimate of drug-likeness (QED) is 0.593. The number of aromatic amines is 1. The molecule has 3 rings (SSSR count). The summed E-state index contributed by atoms with van der Waals surface area (Å²) in [5, 5.41) is -0.479. The van der Waals surface area contributed by atoms with Crippen molar-refractivity contribution in [2.24, 2.45) is 0 Å². The van der Waals surface area contributed by atoms with Crippen molar-refractivity contribution in [3.05, 3.63) is 58.3 Å².